The van der Waals surface area contributed by atoms with Gasteiger partial charge >= 0.3 is 6.18 Å². The Kier molecular flexibility index (Phi) is 5.03. The predicted molar refractivity (Wildman–Crippen MR) is 122 cm³/mol. The number of halogens is 3. The summed E-state index contributed by atoms with van der Waals surface area (Å²) in [6.07, 6.45) is -1.59. The van der Waals surface area contributed by atoms with E-state index in [0.29, 0.717) is 41.4 Å². The van der Waals surface area contributed by atoms with Gasteiger partial charge in [0, 0.05) is 55.5 Å². The smallest absolute Gasteiger partial charge is 0.379 e. The van der Waals surface area contributed by atoms with E-state index < -0.39 is 22.9 Å². The maximum atomic E-state index is 14.4. The number of nitrogens with zero attached hydrogens (tertiary/aromatic N) is 4. The maximum Gasteiger partial charge on any atom is 0.397 e. The number of nitrogens with one attached hydrogen (secondary N) is 1. The van der Waals surface area contributed by atoms with Gasteiger partial charge in [-0.05, 0) is 43.5 Å². The molecule has 2 aliphatic carbocycles. The number of alkyl halides is 3. The summed E-state index contributed by atoms with van der Waals surface area (Å²) >= 11 is 0. The predicted octanol–water partition coefficient (Wildman–Crippen LogP) is 2.84. The average molecular weight is 486 g/mol. The number of anilines is 1. The molecule has 6 rings (SSSR count). The Hall–Kier alpha value is -2.90. The summed E-state index contributed by atoms with van der Waals surface area (Å²) in [5, 5.41) is 13.0. The number of fused-ring (bicyclic) bond motifs is 2. The van der Waals surface area contributed by atoms with Gasteiger partial charge in [0.05, 0.1) is 29.7 Å². The van der Waals surface area contributed by atoms with Gasteiger partial charge in [-0.25, -0.2) is 0 Å². The van der Waals surface area contributed by atoms with Gasteiger partial charge in [-0.1, -0.05) is 0 Å². The zero-order chi connectivity index (χ0) is 24.4. The molecule has 10 heteroatoms. The lowest BCUT2D eigenvalue weighted by Crippen LogP contribution is -2.57. The first kappa shape index (κ1) is 22.6. The van der Waals surface area contributed by atoms with Crippen LogP contribution in [-0.4, -0.2) is 73.4 Å². The van der Waals surface area contributed by atoms with Crippen LogP contribution < -0.4 is 10.2 Å². The number of rotatable bonds is 4. The van der Waals surface area contributed by atoms with Crippen LogP contribution in [-0.2, 0) is 9.53 Å². The quantitative estimate of drug-likeness (QED) is 0.718. The molecular weight excluding hydrogens is 459 g/mol. The van der Waals surface area contributed by atoms with Crippen LogP contribution in [0.5, 0.6) is 0 Å². The number of aromatic nitrogens is 1. The number of amides is 1. The number of pyridine rings is 1. The largest absolute Gasteiger partial charge is 0.397 e. The van der Waals surface area contributed by atoms with Crippen LogP contribution in [0.4, 0.5) is 18.9 Å². The van der Waals surface area contributed by atoms with Crippen molar-refractivity contribution in [1.82, 2.24) is 15.2 Å². The third-order valence-electron chi connectivity index (χ3n) is 8.51. The summed E-state index contributed by atoms with van der Waals surface area (Å²) in [6, 6.07) is 9.06. The van der Waals surface area contributed by atoms with Crippen molar-refractivity contribution < 1.29 is 22.7 Å². The minimum absolute atomic E-state index is 0.00610. The minimum atomic E-state index is -4.49. The molecule has 1 aromatic carbocycles. The zero-order valence-electron chi connectivity index (χ0n) is 19.1. The van der Waals surface area contributed by atoms with E-state index in [9.17, 15) is 23.2 Å². The zero-order valence-corrected chi connectivity index (χ0v) is 19.1. The van der Waals surface area contributed by atoms with E-state index in [2.05, 4.69) is 21.3 Å². The third-order valence-corrected chi connectivity index (χ3v) is 8.51. The SMILES string of the molecule is N#Cc1ccc(N2C[C@@]3(C(=O)N[C@H]4C[C@@H](N5CCOCC5)C4)C[C@@]3(C(F)(F)F)C2)c2cccnc12. The van der Waals surface area contributed by atoms with Crippen molar-refractivity contribution in [3.8, 4) is 6.07 Å². The lowest BCUT2D eigenvalue weighted by molar-refractivity contribution is -0.192. The number of carbonyl (C=O) groups is 1. The van der Waals surface area contributed by atoms with Crippen LogP contribution in [0.2, 0.25) is 0 Å². The molecule has 0 radical (unpaired) electrons. The van der Waals surface area contributed by atoms with Crippen LogP contribution in [0.25, 0.3) is 10.9 Å². The second-order valence-electron chi connectivity index (χ2n) is 10.3. The van der Waals surface area contributed by atoms with E-state index in [-0.39, 0.29) is 25.6 Å². The van der Waals surface area contributed by atoms with Crippen molar-refractivity contribution in [2.75, 3.05) is 44.3 Å². The minimum Gasteiger partial charge on any atom is -0.379 e. The van der Waals surface area contributed by atoms with Crippen molar-refractivity contribution in [3.63, 3.8) is 0 Å². The molecule has 7 nitrogen and oxygen atoms in total. The summed E-state index contributed by atoms with van der Waals surface area (Å²) in [5.74, 6) is -0.487. The average Bonchev–Trinajstić information content (AvgIpc) is 3.38. The van der Waals surface area contributed by atoms with Gasteiger partial charge in [0.25, 0.3) is 0 Å². The monoisotopic (exact) mass is 485 g/mol. The fourth-order valence-electron chi connectivity index (χ4n) is 6.39. The Bertz CT molecular complexity index is 1220. The molecule has 2 atom stereocenters. The van der Waals surface area contributed by atoms with Gasteiger partial charge < -0.3 is 15.0 Å². The van der Waals surface area contributed by atoms with Crippen LogP contribution in [0.3, 0.4) is 0 Å². The van der Waals surface area contributed by atoms with Crippen molar-refractivity contribution in [1.29, 1.82) is 5.26 Å². The molecule has 1 amide bonds. The molecule has 35 heavy (non-hydrogen) atoms. The Labute approximate surface area is 200 Å². The molecule has 4 fully saturated rings. The molecule has 2 saturated carbocycles. The van der Waals surface area contributed by atoms with Gasteiger partial charge in [-0.3, -0.25) is 14.7 Å². The van der Waals surface area contributed by atoms with E-state index in [4.69, 9.17) is 4.74 Å². The van der Waals surface area contributed by atoms with Gasteiger partial charge in [-0.15, -0.1) is 0 Å². The van der Waals surface area contributed by atoms with E-state index >= 15 is 0 Å². The second kappa shape index (κ2) is 7.80. The van der Waals surface area contributed by atoms with Crippen molar-refractivity contribution >= 4 is 22.5 Å². The van der Waals surface area contributed by atoms with Crippen molar-refractivity contribution in [2.24, 2.45) is 10.8 Å². The van der Waals surface area contributed by atoms with Crippen LogP contribution in [0.15, 0.2) is 30.5 Å². The molecule has 1 aromatic heterocycles. The molecule has 0 spiro atoms. The van der Waals surface area contributed by atoms with E-state index in [0.717, 1.165) is 25.9 Å². The number of morpholine rings is 1. The number of carbonyl (C=O) groups excluding carboxylic acids is 1. The lowest BCUT2D eigenvalue weighted by Gasteiger charge is -2.44. The van der Waals surface area contributed by atoms with Gasteiger partial charge in [0.15, 0.2) is 0 Å². The second-order valence-corrected chi connectivity index (χ2v) is 10.3. The van der Waals surface area contributed by atoms with Crippen LogP contribution >= 0.6 is 0 Å². The van der Waals surface area contributed by atoms with E-state index in [1.165, 1.54) is 0 Å². The molecule has 3 heterocycles. The number of piperidine rings is 1. The first-order valence-electron chi connectivity index (χ1n) is 12.0. The molecule has 4 aliphatic rings. The summed E-state index contributed by atoms with van der Waals surface area (Å²) in [4.78, 5) is 21.6. The van der Waals surface area contributed by atoms with Gasteiger partial charge in [-0.2, -0.15) is 18.4 Å². The number of benzene rings is 1. The summed E-state index contributed by atoms with van der Waals surface area (Å²) in [6.45, 7) is 2.82. The molecule has 184 valence electrons. The summed E-state index contributed by atoms with van der Waals surface area (Å²) in [5.41, 5.74) is -2.15. The number of hydrogen-bond acceptors (Lipinski definition) is 6. The lowest BCUT2D eigenvalue weighted by atomic mass is 9.84. The van der Waals surface area contributed by atoms with Crippen molar-refractivity contribution in [2.45, 2.75) is 37.5 Å². The van der Waals surface area contributed by atoms with Crippen LogP contribution in [0.1, 0.15) is 24.8 Å². The number of ether oxygens (including phenoxy) is 1. The van der Waals surface area contributed by atoms with Crippen molar-refractivity contribution in [3.05, 3.63) is 36.0 Å². The first-order chi connectivity index (χ1) is 16.8. The summed E-state index contributed by atoms with van der Waals surface area (Å²) < 4.78 is 48.5. The number of nitriles is 1. The Morgan fingerprint density at radius 3 is 2.69 bits per heavy atom. The molecule has 1 N–H and O–H groups in total. The normalized spacial score (nSPS) is 32.6. The maximum absolute atomic E-state index is 14.4. The first-order valence-corrected chi connectivity index (χ1v) is 12.0. The third kappa shape index (κ3) is 3.32. The molecule has 0 bridgehead atoms. The molecule has 0 unspecified atom stereocenters. The molecule has 2 aliphatic heterocycles. The van der Waals surface area contributed by atoms with Crippen LogP contribution in [0, 0.1) is 22.2 Å². The highest BCUT2D eigenvalue weighted by atomic mass is 19.4. The highest BCUT2D eigenvalue weighted by Crippen LogP contribution is 2.75. The molecule has 2 aromatic rings. The fraction of sp³-hybridized carbons (Fsp3) is 0.560. The Morgan fingerprint density at radius 2 is 1.97 bits per heavy atom. The molecular formula is C25H26F3N5O2. The fourth-order valence-corrected chi connectivity index (χ4v) is 6.39. The Balaban J connectivity index is 1.23. The standard InChI is InChI=1S/C25H26F3N5O2/c26-25(27,28)24-13-23(24,22(34)31-17-10-18(11-17)32-6-8-35-9-7-32)14-33(15-24)20-4-3-16(12-29)21-19(20)2-1-5-30-21/h1-5,17-18H,6-11,13-15H2,(H,31,34)/t17-,18+,23-,24-/m1/s1. The molecule has 2 saturated heterocycles. The summed E-state index contributed by atoms with van der Waals surface area (Å²) in [7, 11) is 0. The highest BCUT2D eigenvalue weighted by molar-refractivity contribution is 5.97. The van der Waals surface area contributed by atoms with Gasteiger partial charge in [0.1, 0.15) is 11.5 Å². The Morgan fingerprint density at radius 1 is 1.20 bits per heavy atom. The topological polar surface area (TPSA) is 81.5 Å². The van der Waals surface area contributed by atoms with E-state index in [1.807, 2.05) is 0 Å². The highest BCUT2D eigenvalue weighted by Gasteiger charge is 2.86. The van der Waals surface area contributed by atoms with E-state index in [1.54, 1.807) is 35.4 Å². The van der Waals surface area contributed by atoms with Gasteiger partial charge in [0.2, 0.25) is 5.91 Å². The number of hydrogen-bond donors (Lipinski definition) is 1.